The van der Waals surface area contributed by atoms with Crippen molar-refractivity contribution in [1.29, 1.82) is 0 Å². The number of rotatable bonds is 9. The molecule has 0 atom stereocenters. The van der Waals surface area contributed by atoms with Crippen LogP contribution in [0.2, 0.25) is 0 Å². The molecule has 1 aromatic rings. The summed E-state index contributed by atoms with van der Waals surface area (Å²) in [7, 11) is 0. The van der Waals surface area contributed by atoms with Gasteiger partial charge in [0.05, 0.1) is 13.2 Å². The molecule has 120 valence electrons. The number of benzene rings is 1. The molecule has 1 N–H and O–H groups in total. The van der Waals surface area contributed by atoms with E-state index in [9.17, 15) is 13.2 Å². The lowest BCUT2D eigenvalue weighted by atomic mass is 10.2. The van der Waals surface area contributed by atoms with Crippen LogP contribution in [0.3, 0.4) is 0 Å². The first-order valence-corrected chi connectivity index (χ1v) is 6.76. The minimum atomic E-state index is -4.64. The Morgan fingerprint density at radius 1 is 1.10 bits per heavy atom. The molecular weight excluding hydrogens is 287 g/mol. The molecule has 0 spiro atoms. The van der Waals surface area contributed by atoms with Crippen LogP contribution in [-0.4, -0.2) is 32.7 Å². The number of halogens is 3. The monoisotopic (exact) mass is 307 g/mol. The lowest BCUT2D eigenvalue weighted by Gasteiger charge is -2.16. The predicted octanol–water partition coefficient (Wildman–Crippen LogP) is 3.11. The molecule has 7 heteroatoms. The average Bonchev–Trinajstić information content (AvgIpc) is 2.42. The summed E-state index contributed by atoms with van der Waals surface area (Å²) in [5.74, 6) is 0.964. The minimum absolute atomic E-state index is 0.206. The van der Waals surface area contributed by atoms with Gasteiger partial charge >= 0.3 is 6.36 Å². The summed E-state index contributed by atoms with van der Waals surface area (Å²) in [5.41, 5.74) is 0.829. The van der Waals surface area contributed by atoms with Gasteiger partial charge in [0.25, 0.3) is 0 Å². The zero-order valence-electron chi connectivity index (χ0n) is 12.1. The fourth-order valence-corrected chi connectivity index (χ4v) is 1.69. The second kappa shape index (κ2) is 8.74. The zero-order valence-corrected chi connectivity index (χ0v) is 12.1. The highest BCUT2D eigenvalue weighted by Gasteiger charge is 2.28. The van der Waals surface area contributed by atoms with Crippen LogP contribution in [0, 0.1) is 0 Å². The highest BCUT2D eigenvalue weighted by molar-refractivity contribution is 5.46. The van der Waals surface area contributed by atoms with Crippen LogP contribution in [0.25, 0.3) is 0 Å². The quantitative estimate of drug-likeness (QED) is 0.712. The highest BCUT2D eigenvalue weighted by atomic mass is 19.4. The Hall–Kier alpha value is -1.47. The van der Waals surface area contributed by atoms with E-state index < -0.39 is 13.0 Å². The van der Waals surface area contributed by atoms with Crippen LogP contribution < -0.4 is 14.8 Å². The molecule has 0 amide bonds. The highest BCUT2D eigenvalue weighted by Crippen LogP contribution is 2.31. The molecule has 1 rings (SSSR count). The van der Waals surface area contributed by atoms with Crippen molar-refractivity contribution in [2.45, 2.75) is 26.8 Å². The number of alkyl halides is 3. The molecule has 0 heterocycles. The number of nitrogens with one attached hydrogen (secondary N) is 1. The Bertz CT molecular complexity index is 424. The Morgan fingerprint density at radius 3 is 2.48 bits per heavy atom. The third kappa shape index (κ3) is 6.68. The van der Waals surface area contributed by atoms with Gasteiger partial charge in [0, 0.05) is 12.1 Å². The van der Waals surface area contributed by atoms with E-state index in [0.717, 1.165) is 12.1 Å². The summed E-state index contributed by atoms with van der Waals surface area (Å²) in [4.78, 5) is 0. The second-order valence-corrected chi connectivity index (χ2v) is 4.10. The predicted molar refractivity (Wildman–Crippen MR) is 72.5 cm³/mol. The largest absolute Gasteiger partial charge is 0.522 e. The molecule has 0 unspecified atom stereocenters. The van der Waals surface area contributed by atoms with Crippen LogP contribution in [0.4, 0.5) is 13.2 Å². The molecular formula is C14H20F3NO3. The molecule has 0 aliphatic heterocycles. The Labute approximate surface area is 122 Å². The van der Waals surface area contributed by atoms with Gasteiger partial charge in [-0.1, -0.05) is 19.1 Å². The second-order valence-electron chi connectivity index (χ2n) is 4.10. The van der Waals surface area contributed by atoms with E-state index in [-0.39, 0.29) is 6.61 Å². The van der Waals surface area contributed by atoms with Gasteiger partial charge < -0.3 is 14.8 Å². The van der Waals surface area contributed by atoms with Crippen LogP contribution >= 0.6 is 0 Å². The van der Waals surface area contributed by atoms with Gasteiger partial charge in [-0.25, -0.2) is 0 Å². The van der Waals surface area contributed by atoms with E-state index in [1.54, 1.807) is 6.07 Å². The smallest absolute Gasteiger partial charge is 0.490 e. The average molecular weight is 307 g/mol. The summed E-state index contributed by atoms with van der Waals surface area (Å²) in [6.45, 7) is 4.79. The van der Waals surface area contributed by atoms with Crippen LogP contribution in [0.1, 0.15) is 19.4 Å². The van der Waals surface area contributed by atoms with Gasteiger partial charge in [-0.3, -0.25) is 4.74 Å². The molecule has 0 radical (unpaired) electrons. The molecule has 0 bridgehead atoms. The number of hydrogen-bond donors (Lipinski definition) is 1. The van der Waals surface area contributed by atoms with E-state index in [4.69, 9.17) is 9.47 Å². The molecule has 21 heavy (non-hydrogen) atoms. The van der Waals surface area contributed by atoms with E-state index in [1.807, 2.05) is 26.0 Å². The van der Waals surface area contributed by atoms with Gasteiger partial charge in [-0.2, -0.15) is 0 Å². The zero-order chi connectivity index (χ0) is 15.7. The van der Waals surface area contributed by atoms with E-state index >= 15 is 0 Å². The van der Waals surface area contributed by atoms with Crippen LogP contribution in [-0.2, 0) is 11.3 Å². The Balaban J connectivity index is 2.70. The molecule has 0 aliphatic carbocycles. The normalized spacial score (nSPS) is 11.5. The van der Waals surface area contributed by atoms with Gasteiger partial charge in [-0.15, -0.1) is 13.2 Å². The van der Waals surface area contributed by atoms with Crippen LogP contribution in [0.5, 0.6) is 11.5 Å². The number of ether oxygens (including phenoxy) is 3. The Morgan fingerprint density at radius 2 is 1.86 bits per heavy atom. The van der Waals surface area contributed by atoms with E-state index in [0.29, 0.717) is 24.7 Å². The van der Waals surface area contributed by atoms with Crippen molar-refractivity contribution in [2.75, 3.05) is 26.4 Å². The fourth-order valence-electron chi connectivity index (χ4n) is 1.69. The molecule has 0 saturated heterocycles. The lowest BCUT2D eigenvalue weighted by Crippen LogP contribution is -2.19. The number of para-hydroxylation sites is 1. The van der Waals surface area contributed by atoms with Crippen molar-refractivity contribution < 1.29 is 27.4 Å². The third-order valence-corrected chi connectivity index (χ3v) is 2.52. The van der Waals surface area contributed by atoms with E-state index in [1.165, 1.54) is 0 Å². The first-order valence-electron chi connectivity index (χ1n) is 6.76. The molecule has 0 saturated carbocycles. The standard InChI is InChI=1S/C14H20F3NO3/c1-3-18-10-11-6-5-7-12(19-4-2)13(11)20-8-9-21-14(15,16)17/h5-7,18H,3-4,8-10H2,1-2H3. The van der Waals surface area contributed by atoms with Gasteiger partial charge in [0.15, 0.2) is 11.5 Å². The van der Waals surface area contributed by atoms with Crippen molar-refractivity contribution >= 4 is 0 Å². The van der Waals surface area contributed by atoms with Gasteiger partial charge in [-0.05, 0) is 19.5 Å². The molecule has 0 fully saturated rings. The maximum atomic E-state index is 11.9. The molecule has 1 aromatic carbocycles. The minimum Gasteiger partial charge on any atom is -0.490 e. The van der Waals surface area contributed by atoms with Crippen molar-refractivity contribution in [2.24, 2.45) is 0 Å². The Kier molecular flexibility index (Phi) is 7.31. The topological polar surface area (TPSA) is 39.7 Å². The van der Waals surface area contributed by atoms with Gasteiger partial charge in [0.1, 0.15) is 6.61 Å². The van der Waals surface area contributed by atoms with Gasteiger partial charge in [0.2, 0.25) is 0 Å². The third-order valence-electron chi connectivity index (χ3n) is 2.52. The molecule has 0 aromatic heterocycles. The summed E-state index contributed by atoms with van der Waals surface area (Å²) in [6.07, 6.45) is -4.64. The first-order chi connectivity index (χ1) is 9.98. The van der Waals surface area contributed by atoms with E-state index in [2.05, 4.69) is 10.1 Å². The molecule has 4 nitrogen and oxygen atoms in total. The summed E-state index contributed by atoms with van der Waals surface area (Å²) in [5, 5.41) is 3.14. The number of hydrogen-bond acceptors (Lipinski definition) is 4. The maximum absolute atomic E-state index is 11.9. The van der Waals surface area contributed by atoms with Crippen molar-refractivity contribution in [3.8, 4) is 11.5 Å². The van der Waals surface area contributed by atoms with Crippen molar-refractivity contribution in [3.63, 3.8) is 0 Å². The summed E-state index contributed by atoms with van der Waals surface area (Å²) < 4.78 is 50.3. The first kappa shape index (κ1) is 17.6. The maximum Gasteiger partial charge on any atom is 0.522 e. The SMILES string of the molecule is CCNCc1cccc(OCC)c1OCCOC(F)(F)F. The fraction of sp³-hybridized carbons (Fsp3) is 0.571. The summed E-state index contributed by atoms with van der Waals surface area (Å²) in [6, 6.07) is 5.38. The van der Waals surface area contributed by atoms with Crippen molar-refractivity contribution in [1.82, 2.24) is 5.32 Å². The summed E-state index contributed by atoms with van der Waals surface area (Å²) >= 11 is 0. The lowest BCUT2D eigenvalue weighted by molar-refractivity contribution is -0.325. The van der Waals surface area contributed by atoms with Crippen molar-refractivity contribution in [3.05, 3.63) is 23.8 Å². The molecule has 0 aliphatic rings. The van der Waals surface area contributed by atoms with Crippen LogP contribution in [0.15, 0.2) is 18.2 Å².